The normalized spacial score (nSPS) is 14.1. The molecule has 0 aromatic heterocycles. The van der Waals surface area contributed by atoms with E-state index in [4.69, 9.17) is 8.85 Å². The van der Waals surface area contributed by atoms with Gasteiger partial charge in [0.05, 0.1) is 0 Å². The van der Waals surface area contributed by atoms with Gasteiger partial charge < -0.3 is 8.85 Å². The summed E-state index contributed by atoms with van der Waals surface area (Å²) in [5.74, 6) is 1.13. The van der Waals surface area contributed by atoms with Crippen molar-refractivity contribution in [3.05, 3.63) is 0 Å². The predicted octanol–water partition coefficient (Wildman–Crippen LogP) is 3.24. The summed E-state index contributed by atoms with van der Waals surface area (Å²) >= 11 is 0. The molecule has 0 bridgehead atoms. The summed E-state index contributed by atoms with van der Waals surface area (Å²) in [6, 6.07) is 0. The molecule has 0 fully saturated rings. The van der Waals surface area contributed by atoms with Crippen molar-refractivity contribution in [2.24, 2.45) is 11.8 Å². The lowest BCUT2D eigenvalue weighted by Gasteiger charge is -2.48. The fourth-order valence-electron chi connectivity index (χ4n) is 2.45. The minimum absolute atomic E-state index is 0.0418. The minimum Gasteiger partial charge on any atom is -0.386 e. The van der Waals surface area contributed by atoms with Crippen molar-refractivity contribution in [3.63, 3.8) is 0 Å². The summed E-state index contributed by atoms with van der Waals surface area (Å²) in [4.78, 5) is 0. The first-order valence-electron chi connectivity index (χ1n) is 6.47. The van der Waals surface area contributed by atoms with E-state index in [0.717, 1.165) is 6.54 Å². The third-order valence-electron chi connectivity index (χ3n) is 3.95. The van der Waals surface area contributed by atoms with Gasteiger partial charge in [-0.25, -0.2) is 0 Å². The summed E-state index contributed by atoms with van der Waals surface area (Å²) in [6.07, 6.45) is 0. The van der Waals surface area contributed by atoms with Crippen LogP contribution in [-0.4, -0.2) is 41.1 Å². The smallest absolute Gasteiger partial charge is 0.386 e. The zero-order valence-electron chi connectivity index (χ0n) is 13.1. The van der Waals surface area contributed by atoms with Gasteiger partial charge in [-0.05, 0) is 25.4 Å². The molecule has 0 heterocycles. The quantitative estimate of drug-likeness (QED) is 0.657. The maximum absolute atomic E-state index is 5.92. The van der Waals surface area contributed by atoms with Crippen molar-refractivity contribution in [1.82, 2.24) is 4.57 Å². The van der Waals surface area contributed by atoms with E-state index in [1.165, 1.54) is 0 Å². The van der Waals surface area contributed by atoms with E-state index in [9.17, 15) is 0 Å². The van der Waals surface area contributed by atoms with Gasteiger partial charge in [0.15, 0.2) is 0 Å². The molecular weight excluding hydrogens is 230 g/mol. The zero-order valence-corrected chi connectivity index (χ0v) is 14.1. The van der Waals surface area contributed by atoms with Crippen molar-refractivity contribution in [3.8, 4) is 0 Å². The standard InChI is InChI=1S/C13H31NO2Si/c1-11(2)10-14(7)17(15-8,16-9)13(5,6)12(3)4/h11-12H,10H2,1-9H3. The Labute approximate surface area is 109 Å². The molecule has 0 atom stereocenters. The molecule has 0 aromatic carbocycles. The van der Waals surface area contributed by atoms with E-state index in [1.54, 1.807) is 14.2 Å². The monoisotopic (exact) mass is 261 g/mol. The topological polar surface area (TPSA) is 21.7 Å². The van der Waals surface area contributed by atoms with Crippen LogP contribution in [0.15, 0.2) is 0 Å². The molecule has 0 aromatic rings. The Kier molecular flexibility index (Phi) is 6.35. The van der Waals surface area contributed by atoms with Crippen LogP contribution < -0.4 is 0 Å². The van der Waals surface area contributed by atoms with Crippen LogP contribution in [0, 0.1) is 11.8 Å². The highest BCUT2D eigenvalue weighted by Crippen LogP contribution is 2.46. The van der Waals surface area contributed by atoms with Crippen molar-refractivity contribution >= 4 is 8.72 Å². The second-order valence-electron chi connectivity index (χ2n) is 6.14. The SMILES string of the molecule is CO[Si](OC)(N(C)CC(C)C)C(C)(C)C(C)C. The summed E-state index contributed by atoms with van der Waals surface area (Å²) in [6.45, 7) is 14.4. The van der Waals surface area contributed by atoms with Crippen LogP contribution in [0.5, 0.6) is 0 Å². The van der Waals surface area contributed by atoms with Crippen molar-refractivity contribution in [2.45, 2.75) is 46.6 Å². The van der Waals surface area contributed by atoms with E-state index >= 15 is 0 Å². The summed E-state index contributed by atoms with van der Waals surface area (Å²) in [5, 5.41) is 0.0418. The van der Waals surface area contributed by atoms with Crippen LogP contribution in [0.25, 0.3) is 0 Å². The van der Waals surface area contributed by atoms with Gasteiger partial charge in [-0.15, -0.1) is 0 Å². The Morgan fingerprint density at radius 2 is 1.47 bits per heavy atom. The molecule has 4 heteroatoms. The first-order valence-corrected chi connectivity index (χ1v) is 8.23. The zero-order chi connectivity index (χ0) is 13.9. The van der Waals surface area contributed by atoms with Gasteiger partial charge in [-0.2, -0.15) is 0 Å². The van der Waals surface area contributed by atoms with Gasteiger partial charge in [0.2, 0.25) is 0 Å². The van der Waals surface area contributed by atoms with E-state index in [-0.39, 0.29) is 5.04 Å². The molecule has 0 unspecified atom stereocenters. The third kappa shape index (κ3) is 3.31. The molecule has 3 nitrogen and oxygen atoms in total. The van der Waals surface area contributed by atoms with Crippen LogP contribution in [0.3, 0.4) is 0 Å². The number of hydrogen-bond acceptors (Lipinski definition) is 3. The van der Waals surface area contributed by atoms with E-state index < -0.39 is 8.72 Å². The highest BCUT2D eigenvalue weighted by Gasteiger charge is 2.56. The Morgan fingerprint density at radius 3 is 1.71 bits per heavy atom. The van der Waals surface area contributed by atoms with E-state index in [2.05, 4.69) is 53.2 Å². The lowest BCUT2D eigenvalue weighted by Crippen LogP contribution is -2.64. The average molecular weight is 261 g/mol. The van der Waals surface area contributed by atoms with Crippen LogP contribution in [0.1, 0.15) is 41.5 Å². The molecular formula is C13H31NO2Si. The first kappa shape index (κ1) is 17.1. The Hall–Kier alpha value is 0.0969. The lowest BCUT2D eigenvalue weighted by atomic mass is 9.99. The van der Waals surface area contributed by atoms with Gasteiger partial charge in [-0.3, -0.25) is 4.57 Å². The number of hydrogen-bond donors (Lipinski definition) is 0. The molecule has 104 valence electrons. The minimum atomic E-state index is -2.37. The Bertz CT molecular complexity index is 225. The van der Waals surface area contributed by atoms with Gasteiger partial charge in [0, 0.05) is 19.3 Å². The molecule has 0 radical (unpaired) electrons. The second kappa shape index (κ2) is 6.32. The molecule has 0 aliphatic rings. The number of rotatable bonds is 7. The molecule has 0 N–H and O–H groups in total. The average Bonchev–Trinajstić information content (AvgIpc) is 2.18. The van der Waals surface area contributed by atoms with Crippen LogP contribution >= 0.6 is 0 Å². The van der Waals surface area contributed by atoms with Gasteiger partial charge in [0.1, 0.15) is 0 Å². The maximum Gasteiger partial charge on any atom is 0.433 e. The fraction of sp³-hybridized carbons (Fsp3) is 1.00. The first-order chi connectivity index (χ1) is 7.65. The molecule has 17 heavy (non-hydrogen) atoms. The van der Waals surface area contributed by atoms with E-state index in [1.807, 2.05) is 0 Å². The van der Waals surface area contributed by atoms with Crippen molar-refractivity contribution in [2.75, 3.05) is 27.8 Å². The summed E-state index contributed by atoms with van der Waals surface area (Å²) < 4.78 is 14.2. The van der Waals surface area contributed by atoms with E-state index in [0.29, 0.717) is 11.8 Å². The highest BCUT2D eigenvalue weighted by atomic mass is 28.4. The van der Waals surface area contributed by atoms with Crippen LogP contribution in [-0.2, 0) is 8.85 Å². The lowest BCUT2D eigenvalue weighted by molar-refractivity contribution is 0.126. The third-order valence-corrected chi connectivity index (χ3v) is 8.45. The van der Waals surface area contributed by atoms with Crippen molar-refractivity contribution < 1.29 is 8.85 Å². The fourth-order valence-corrected chi connectivity index (χ4v) is 6.61. The second-order valence-corrected chi connectivity index (χ2v) is 10.2. The highest BCUT2D eigenvalue weighted by molar-refractivity contribution is 6.67. The van der Waals surface area contributed by atoms with Crippen LogP contribution in [0.4, 0.5) is 0 Å². The molecule has 0 saturated heterocycles. The largest absolute Gasteiger partial charge is 0.433 e. The van der Waals surface area contributed by atoms with Gasteiger partial charge >= 0.3 is 8.72 Å². The molecule has 0 saturated carbocycles. The Balaban J connectivity index is 5.28. The summed E-state index contributed by atoms with van der Waals surface area (Å²) in [5.41, 5.74) is 0. The molecule has 0 amide bonds. The van der Waals surface area contributed by atoms with Crippen molar-refractivity contribution in [1.29, 1.82) is 0 Å². The molecule has 0 aliphatic carbocycles. The predicted molar refractivity (Wildman–Crippen MR) is 76.1 cm³/mol. The summed E-state index contributed by atoms with van der Waals surface area (Å²) in [7, 11) is 3.34. The van der Waals surface area contributed by atoms with Gasteiger partial charge in [-0.1, -0.05) is 41.5 Å². The maximum atomic E-state index is 5.92. The number of nitrogens with zero attached hydrogens (tertiary/aromatic N) is 1. The molecule has 0 rings (SSSR count). The Morgan fingerprint density at radius 1 is 1.06 bits per heavy atom. The molecule has 0 spiro atoms. The molecule has 0 aliphatic heterocycles. The van der Waals surface area contributed by atoms with Gasteiger partial charge in [0.25, 0.3) is 0 Å². The van der Waals surface area contributed by atoms with Crippen LogP contribution in [0.2, 0.25) is 5.04 Å².